The van der Waals surface area contributed by atoms with Crippen LogP contribution in [0, 0.1) is 21.4 Å². The van der Waals surface area contributed by atoms with E-state index in [1.807, 2.05) is 6.07 Å². The van der Waals surface area contributed by atoms with Gasteiger partial charge in [0, 0.05) is 17.4 Å². The Bertz CT molecular complexity index is 411. The van der Waals surface area contributed by atoms with Gasteiger partial charge < -0.3 is 5.11 Å². The molecule has 0 amide bonds. The first kappa shape index (κ1) is 11.1. The zero-order valence-electron chi connectivity index (χ0n) is 8.12. The first-order valence-electron chi connectivity index (χ1n) is 4.38. The largest absolute Gasteiger partial charge is 0.381 e. The van der Waals surface area contributed by atoms with E-state index in [0.29, 0.717) is 5.56 Å². The van der Waals surface area contributed by atoms with Gasteiger partial charge in [0.2, 0.25) is 6.04 Å². The van der Waals surface area contributed by atoms with Gasteiger partial charge in [-0.1, -0.05) is 18.2 Å². The van der Waals surface area contributed by atoms with Crippen molar-refractivity contribution >= 4 is 0 Å². The monoisotopic (exact) mass is 206 g/mol. The second kappa shape index (κ2) is 4.53. The number of nitrogens with zero attached hydrogens (tertiary/aromatic N) is 2. The first-order chi connectivity index (χ1) is 7.07. The highest BCUT2D eigenvalue weighted by molar-refractivity contribution is 5.39. The van der Waals surface area contributed by atoms with E-state index in [9.17, 15) is 15.2 Å². The van der Waals surface area contributed by atoms with E-state index < -0.39 is 17.1 Å². The fraction of sp³-hybridized carbons (Fsp3) is 0.300. The zero-order valence-corrected chi connectivity index (χ0v) is 8.12. The molecule has 0 radical (unpaired) electrons. The molecule has 0 heterocycles. The van der Waals surface area contributed by atoms with E-state index in [0.717, 1.165) is 0 Å². The third-order valence-corrected chi connectivity index (χ3v) is 2.19. The number of hydrogen-bond acceptors (Lipinski definition) is 4. The van der Waals surface area contributed by atoms with Crippen LogP contribution in [0.3, 0.4) is 0 Å². The van der Waals surface area contributed by atoms with Crippen molar-refractivity contribution in [2.45, 2.75) is 19.1 Å². The minimum atomic E-state index is -1.25. The highest BCUT2D eigenvalue weighted by Gasteiger charge is 2.27. The highest BCUT2D eigenvalue weighted by atomic mass is 16.6. The average Bonchev–Trinajstić information content (AvgIpc) is 2.26. The standard InChI is InChI=1S/C10H10N2O3/c1-7(12(14)15)10(13)9-5-3-2-4-8(9)6-11/h2-5,7,10,13H,1H3/t7-,10-/m0/s1. The molecular weight excluding hydrogens is 196 g/mol. The van der Waals surface area contributed by atoms with Gasteiger partial charge >= 0.3 is 0 Å². The fourth-order valence-corrected chi connectivity index (χ4v) is 1.23. The minimum Gasteiger partial charge on any atom is -0.381 e. The van der Waals surface area contributed by atoms with Crippen LogP contribution in [-0.4, -0.2) is 16.1 Å². The van der Waals surface area contributed by atoms with E-state index in [1.54, 1.807) is 12.1 Å². The van der Waals surface area contributed by atoms with Crippen molar-refractivity contribution in [2.75, 3.05) is 0 Å². The topological polar surface area (TPSA) is 87.2 Å². The van der Waals surface area contributed by atoms with Gasteiger partial charge in [-0.05, 0) is 6.07 Å². The summed E-state index contributed by atoms with van der Waals surface area (Å²) in [6.07, 6.45) is -1.25. The molecule has 5 nitrogen and oxygen atoms in total. The molecule has 1 N–H and O–H groups in total. The molecule has 0 bridgehead atoms. The molecule has 1 aromatic carbocycles. The molecule has 78 valence electrons. The highest BCUT2D eigenvalue weighted by Crippen LogP contribution is 2.21. The Hall–Kier alpha value is -1.93. The molecule has 2 atom stereocenters. The number of benzene rings is 1. The predicted octanol–water partition coefficient (Wildman–Crippen LogP) is 1.26. The van der Waals surface area contributed by atoms with E-state index >= 15 is 0 Å². The third-order valence-electron chi connectivity index (χ3n) is 2.19. The van der Waals surface area contributed by atoms with Gasteiger partial charge in [-0.15, -0.1) is 0 Å². The smallest absolute Gasteiger partial charge is 0.240 e. The molecule has 0 fully saturated rings. The average molecular weight is 206 g/mol. The van der Waals surface area contributed by atoms with Crippen molar-refractivity contribution in [3.63, 3.8) is 0 Å². The van der Waals surface area contributed by atoms with Crippen LogP contribution < -0.4 is 0 Å². The van der Waals surface area contributed by atoms with Crippen molar-refractivity contribution in [1.29, 1.82) is 5.26 Å². The predicted molar refractivity (Wildman–Crippen MR) is 52.6 cm³/mol. The Morgan fingerprint density at radius 3 is 2.67 bits per heavy atom. The van der Waals surface area contributed by atoms with E-state index in [1.165, 1.54) is 19.1 Å². The Morgan fingerprint density at radius 2 is 2.13 bits per heavy atom. The molecule has 5 heteroatoms. The van der Waals surface area contributed by atoms with Crippen LogP contribution in [0.15, 0.2) is 24.3 Å². The second-order valence-electron chi connectivity index (χ2n) is 3.17. The quantitative estimate of drug-likeness (QED) is 0.595. The summed E-state index contributed by atoms with van der Waals surface area (Å²) in [7, 11) is 0. The first-order valence-corrected chi connectivity index (χ1v) is 4.38. The maximum absolute atomic E-state index is 10.5. The van der Waals surface area contributed by atoms with E-state index in [4.69, 9.17) is 5.26 Å². The maximum Gasteiger partial charge on any atom is 0.240 e. The molecule has 0 aromatic heterocycles. The molecule has 0 aliphatic rings. The Kier molecular flexibility index (Phi) is 3.37. The molecule has 1 aromatic rings. The number of rotatable bonds is 3. The SMILES string of the molecule is C[C@@H]([C@H](O)c1ccccc1C#N)[N+](=O)[O-]. The van der Waals surface area contributed by atoms with Gasteiger partial charge in [-0.3, -0.25) is 10.1 Å². The number of aliphatic hydroxyl groups is 1. The van der Waals surface area contributed by atoms with Gasteiger partial charge in [0.25, 0.3) is 0 Å². The molecule has 0 aliphatic heterocycles. The van der Waals surface area contributed by atoms with Crippen LogP contribution in [0.1, 0.15) is 24.2 Å². The lowest BCUT2D eigenvalue weighted by Gasteiger charge is -2.13. The molecular formula is C10H10N2O3. The van der Waals surface area contributed by atoms with Crippen molar-refractivity contribution < 1.29 is 10.0 Å². The number of nitro groups is 1. The van der Waals surface area contributed by atoms with E-state index in [-0.39, 0.29) is 5.56 Å². The lowest BCUT2D eigenvalue weighted by molar-refractivity contribution is -0.531. The van der Waals surface area contributed by atoms with Gasteiger partial charge in [0.15, 0.2) is 0 Å². The lowest BCUT2D eigenvalue weighted by Crippen LogP contribution is -2.24. The normalized spacial score (nSPS) is 13.9. The summed E-state index contributed by atoms with van der Waals surface area (Å²) in [5.41, 5.74) is 0.558. The van der Waals surface area contributed by atoms with E-state index in [2.05, 4.69) is 0 Å². The van der Waals surface area contributed by atoms with Gasteiger partial charge in [-0.2, -0.15) is 5.26 Å². The van der Waals surface area contributed by atoms with Crippen LogP contribution in [-0.2, 0) is 0 Å². The van der Waals surface area contributed by atoms with Crippen LogP contribution >= 0.6 is 0 Å². The summed E-state index contributed by atoms with van der Waals surface area (Å²) in [5.74, 6) is 0. The molecule has 15 heavy (non-hydrogen) atoms. The third kappa shape index (κ3) is 2.30. The van der Waals surface area contributed by atoms with Gasteiger partial charge in [-0.25, -0.2) is 0 Å². The summed E-state index contributed by atoms with van der Waals surface area (Å²) < 4.78 is 0. The van der Waals surface area contributed by atoms with Crippen molar-refractivity contribution in [3.05, 3.63) is 45.5 Å². The van der Waals surface area contributed by atoms with Gasteiger partial charge in [0.1, 0.15) is 6.10 Å². The Balaban J connectivity index is 3.06. The van der Waals surface area contributed by atoms with Crippen molar-refractivity contribution in [3.8, 4) is 6.07 Å². The molecule has 0 saturated carbocycles. The molecule has 0 aliphatic carbocycles. The summed E-state index contributed by atoms with van der Waals surface area (Å²) in [4.78, 5) is 9.91. The summed E-state index contributed by atoms with van der Waals surface area (Å²) in [5, 5.41) is 28.9. The number of nitriles is 1. The summed E-state index contributed by atoms with van der Waals surface area (Å²) in [6.45, 7) is 1.30. The Labute approximate surface area is 86.7 Å². The molecule has 0 unspecified atom stereocenters. The van der Waals surface area contributed by atoms with Crippen molar-refractivity contribution in [2.24, 2.45) is 0 Å². The van der Waals surface area contributed by atoms with Crippen LogP contribution in [0.4, 0.5) is 0 Å². The number of aliphatic hydroxyl groups excluding tert-OH is 1. The molecule has 1 rings (SSSR count). The zero-order chi connectivity index (χ0) is 11.4. The second-order valence-corrected chi connectivity index (χ2v) is 3.17. The minimum absolute atomic E-state index is 0.263. The molecule has 0 spiro atoms. The Morgan fingerprint density at radius 1 is 1.53 bits per heavy atom. The summed E-state index contributed by atoms with van der Waals surface area (Å²) in [6, 6.07) is 7.07. The maximum atomic E-state index is 10.5. The fourth-order valence-electron chi connectivity index (χ4n) is 1.23. The van der Waals surface area contributed by atoms with Crippen LogP contribution in [0.5, 0.6) is 0 Å². The number of hydrogen-bond donors (Lipinski definition) is 1. The lowest BCUT2D eigenvalue weighted by atomic mass is 9.99. The summed E-state index contributed by atoms with van der Waals surface area (Å²) >= 11 is 0. The van der Waals surface area contributed by atoms with Crippen molar-refractivity contribution in [1.82, 2.24) is 0 Å². The van der Waals surface area contributed by atoms with Crippen LogP contribution in [0.25, 0.3) is 0 Å². The molecule has 0 saturated heterocycles. The van der Waals surface area contributed by atoms with Gasteiger partial charge in [0.05, 0.1) is 11.6 Å². The van der Waals surface area contributed by atoms with Crippen LogP contribution in [0.2, 0.25) is 0 Å².